The van der Waals surface area contributed by atoms with Gasteiger partial charge in [-0.25, -0.2) is 0 Å². The molecule has 0 saturated heterocycles. The van der Waals surface area contributed by atoms with Gasteiger partial charge in [-0.05, 0) is 100 Å². The van der Waals surface area contributed by atoms with E-state index < -0.39 is 0 Å². The Labute approximate surface area is 330 Å². The number of hydrogen-bond acceptors (Lipinski definition) is 2. The zero-order valence-corrected chi connectivity index (χ0v) is 31.1. The number of hydrogen-bond donors (Lipinski definition) is 0. The van der Waals surface area contributed by atoms with Crippen LogP contribution in [0.25, 0.3) is 82.8 Å². The fourth-order valence-corrected chi connectivity index (χ4v) is 8.46. The van der Waals surface area contributed by atoms with E-state index in [0.717, 1.165) is 66.8 Å². The number of benzene rings is 9. The molecular weight excluding hydrogens is 693 g/mol. The maximum absolute atomic E-state index is 6.54. The highest BCUT2D eigenvalue weighted by atomic mass is 16.3. The fourth-order valence-electron chi connectivity index (χ4n) is 8.46. The van der Waals surface area contributed by atoms with Crippen molar-refractivity contribution < 1.29 is 4.42 Å². The number of nitrogens with zero attached hydrogens (tertiary/aromatic N) is 2. The summed E-state index contributed by atoms with van der Waals surface area (Å²) in [6, 6.07) is 78.1. The average molecular weight is 729 g/mol. The van der Waals surface area contributed by atoms with Gasteiger partial charge in [0.2, 0.25) is 0 Å². The Morgan fingerprint density at radius 1 is 0.316 bits per heavy atom. The smallest absolute Gasteiger partial charge is 0.159 e. The lowest BCUT2D eigenvalue weighted by Crippen LogP contribution is -2.10. The Morgan fingerprint density at radius 3 is 1.53 bits per heavy atom. The van der Waals surface area contributed by atoms with E-state index in [1.165, 1.54) is 33.0 Å². The van der Waals surface area contributed by atoms with Crippen LogP contribution in [0, 0.1) is 0 Å². The lowest BCUT2D eigenvalue weighted by molar-refractivity contribution is 0.666. The van der Waals surface area contributed by atoms with Crippen molar-refractivity contribution in [1.82, 2.24) is 4.57 Å². The zero-order chi connectivity index (χ0) is 37.7. The minimum absolute atomic E-state index is 0.895. The van der Waals surface area contributed by atoms with Crippen LogP contribution in [0.3, 0.4) is 0 Å². The molecule has 268 valence electrons. The maximum atomic E-state index is 6.54. The van der Waals surface area contributed by atoms with E-state index in [1.807, 2.05) is 12.1 Å². The quantitative estimate of drug-likeness (QED) is 0.163. The van der Waals surface area contributed by atoms with Gasteiger partial charge in [0.15, 0.2) is 5.58 Å². The summed E-state index contributed by atoms with van der Waals surface area (Å²) in [7, 11) is 0. The number of anilines is 3. The van der Waals surface area contributed by atoms with Gasteiger partial charge in [-0.15, -0.1) is 0 Å². The molecule has 2 heterocycles. The van der Waals surface area contributed by atoms with Crippen LogP contribution >= 0.6 is 0 Å². The second-order valence-corrected chi connectivity index (χ2v) is 14.5. The van der Waals surface area contributed by atoms with E-state index in [1.54, 1.807) is 0 Å². The number of fused-ring (bicyclic) bond motifs is 6. The van der Waals surface area contributed by atoms with Crippen molar-refractivity contribution in [3.8, 4) is 39.1 Å². The standard InChI is InChI=1S/C54H36N2O/c1-3-13-37(14-4-1)39-25-30-43(31-26-39)55(44-32-27-40(28-33-44)38-15-5-2-6-16-38)45-18-11-17-41(35-45)42-29-34-51-49(36-42)46-19-7-9-22-50(46)56(51)52-23-12-21-48-47-20-8-10-24-53(47)57-54(48)52/h1-36H. The molecule has 0 saturated carbocycles. The Kier molecular flexibility index (Phi) is 7.82. The van der Waals surface area contributed by atoms with Crippen LogP contribution in [0.5, 0.6) is 0 Å². The van der Waals surface area contributed by atoms with E-state index >= 15 is 0 Å². The van der Waals surface area contributed by atoms with E-state index in [2.05, 4.69) is 216 Å². The predicted molar refractivity (Wildman–Crippen MR) is 239 cm³/mol. The molecule has 57 heavy (non-hydrogen) atoms. The van der Waals surface area contributed by atoms with E-state index in [-0.39, 0.29) is 0 Å². The molecule has 0 amide bonds. The maximum Gasteiger partial charge on any atom is 0.159 e. The van der Waals surface area contributed by atoms with Crippen LogP contribution in [0.15, 0.2) is 223 Å². The van der Waals surface area contributed by atoms with E-state index in [0.29, 0.717) is 0 Å². The molecule has 0 bridgehead atoms. The largest absolute Gasteiger partial charge is 0.454 e. The van der Waals surface area contributed by atoms with Crippen molar-refractivity contribution in [3.63, 3.8) is 0 Å². The average Bonchev–Trinajstić information content (AvgIpc) is 3.83. The Balaban J connectivity index is 1.03. The molecule has 0 spiro atoms. The molecule has 11 rings (SSSR count). The minimum atomic E-state index is 0.895. The van der Waals surface area contributed by atoms with E-state index in [4.69, 9.17) is 4.42 Å². The van der Waals surface area contributed by atoms with Crippen LogP contribution in [-0.2, 0) is 0 Å². The fraction of sp³-hybridized carbons (Fsp3) is 0. The van der Waals surface area contributed by atoms with Crippen molar-refractivity contribution in [2.45, 2.75) is 0 Å². The molecule has 9 aromatic carbocycles. The Bertz CT molecular complexity index is 3130. The normalized spacial score (nSPS) is 11.5. The molecule has 11 aromatic rings. The second-order valence-electron chi connectivity index (χ2n) is 14.5. The van der Waals surface area contributed by atoms with Gasteiger partial charge in [0, 0.05) is 38.6 Å². The summed E-state index contributed by atoms with van der Waals surface area (Å²) in [6.45, 7) is 0. The molecule has 0 aliphatic rings. The highest BCUT2D eigenvalue weighted by Gasteiger charge is 2.19. The van der Waals surface area contributed by atoms with Crippen molar-refractivity contribution >= 4 is 60.8 Å². The van der Waals surface area contributed by atoms with E-state index in [9.17, 15) is 0 Å². The van der Waals surface area contributed by atoms with Crippen molar-refractivity contribution in [2.24, 2.45) is 0 Å². The van der Waals surface area contributed by atoms with Gasteiger partial charge in [0.25, 0.3) is 0 Å². The number of para-hydroxylation sites is 3. The first-order valence-corrected chi connectivity index (χ1v) is 19.4. The molecule has 2 aromatic heterocycles. The number of rotatable bonds is 7. The van der Waals surface area contributed by atoms with Gasteiger partial charge in [-0.3, -0.25) is 0 Å². The first-order chi connectivity index (χ1) is 28.3. The molecule has 0 radical (unpaired) electrons. The highest BCUT2D eigenvalue weighted by Crippen LogP contribution is 2.41. The summed E-state index contributed by atoms with van der Waals surface area (Å²) in [5, 5.41) is 4.66. The Morgan fingerprint density at radius 2 is 0.825 bits per heavy atom. The SMILES string of the molecule is c1ccc(-c2ccc(N(c3ccc(-c4ccccc4)cc3)c3cccc(-c4ccc5c(c4)c4ccccc4n5-c4cccc5c4oc4ccccc45)c3)cc2)cc1. The van der Waals surface area contributed by atoms with Gasteiger partial charge >= 0.3 is 0 Å². The van der Waals surface area contributed by atoms with Crippen LogP contribution in [0.4, 0.5) is 17.1 Å². The molecule has 0 atom stereocenters. The Hall–Kier alpha value is -7.62. The summed E-state index contributed by atoms with van der Waals surface area (Å²) < 4.78 is 8.90. The van der Waals surface area contributed by atoms with Gasteiger partial charge in [-0.1, -0.05) is 152 Å². The third-order valence-corrected chi connectivity index (χ3v) is 11.2. The third-order valence-electron chi connectivity index (χ3n) is 11.2. The van der Waals surface area contributed by atoms with Crippen LogP contribution < -0.4 is 4.90 Å². The van der Waals surface area contributed by atoms with Crippen LogP contribution in [0.1, 0.15) is 0 Å². The number of aromatic nitrogens is 1. The molecule has 3 nitrogen and oxygen atoms in total. The minimum Gasteiger partial charge on any atom is -0.454 e. The van der Waals surface area contributed by atoms with Crippen molar-refractivity contribution in [2.75, 3.05) is 4.90 Å². The summed E-state index contributed by atoms with van der Waals surface area (Å²) >= 11 is 0. The molecular formula is C54H36N2O. The molecule has 0 aliphatic heterocycles. The molecule has 0 fully saturated rings. The van der Waals surface area contributed by atoms with Crippen molar-refractivity contribution in [3.05, 3.63) is 218 Å². The molecule has 0 unspecified atom stereocenters. The van der Waals surface area contributed by atoms with Gasteiger partial charge in [0.1, 0.15) is 5.58 Å². The monoisotopic (exact) mass is 728 g/mol. The zero-order valence-electron chi connectivity index (χ0n) is 31.1. The van der Waals surface area contributed by atoms with Gasteiger partial charge in [-0.2, -0.15) is 0 Å². The summed E-state index contributed by atoms with van der Waals surface area (Å²) in [4.78, 5) is 2.35. The van der Waals surface area contributed by atoms with Gasteiger partial charge in [0.05, 0.1) is 16.7 Å². The highest BCUT2D eigenvalue weighted by molar-refractivity contribution is 6.13. The van der Waals surface area contributed by atoms with Crippen molar-refractivity contribution in [1.29, 1.82) is 0 Å². The lowest BCUT2D eigenvalue weighted by Gasteiger charge is -2.26. The first-order valence-electron chi connectivity index (χ1n) is 19.4. The van der Waals surface area contributed by atoms with Crippen LogP contribution in [-0.4, -0.2) is 4.57 Å². The lowest BCUT2D eigenvalue weighted by atomic mass is 10.0. The molecule has 3 heteroatoms. The summed E-state index contributed by atoms with van der Waals surface area (Å²) in [6.07, 6.45) is 0. The summed E-state index contributed by atoms with van der Waals surface area (Å²) in [5.74, 6) is 0. The molecule has 0 aliphatic carbocycles. The second kappa shape index (κ2) is 13.6. The first kappa shape index (κ1) is 32.8. The third kappa shape index (κ3) is 5.68. The topological polar surface area (TPSA) is 21.3 Å². The van der Waals surface area contributed by atoms with Crippen LogP contribution in [0.2, 0.25) is 0 Å². The predicted octanol–water partition coefficient (Wildman–Crippen LogP) is 15.2. The number of furan rings is 1. The summed E-state index contributed by atoms with van der Waals surface area (Å²) in [5.41, 5.74) is 15.5. The van der Waals surface area contributed by atoms with Gasteiger partial charge < -0.3 is 13.9 Å². The molecule has 0 N–H and O–H groups in total.